The van der Waals surface area contributed by atoms with Crippen LogP contribution in [0.2, 0.25) is 0 Å². The smallest absolute Gasteiger partial charge is 0.325 e. The van der Waals surface area contributed by atoms with Gasteiger partial charge < -0.3 is 10.6 Å². The predicted molar refractivity (Wildman–Crippen MR) is 82.1 cm³/mol. The SMILES string of the molecule is Cc1ccc(C2(C)NC(=O)N(CC(=O)NC(C)C)C2=O)cc1. The lowest BCUT2D eigenvalue weighted by Gasteiger charge is -2.22. The molecule has 2 N–H and O–H groups in total. The molecule has 1 aromatic carbocycles. The molecule has 0 spiro atoms. The molecule has 1 heterocycles. The first-order valence-electron chi connectivity index (χ1n) is 7.24. The van der Waals surface area contributed by atoms with Crippen LogP contribution in [0, 0.1) is 6.92 Å². The van der Waals surface area contributed by atoms with E-state index in [1.165, 1.54) is 0 Å². The van der Waals surface area contributed by atoms with Crippen LogP contribution in [0.1, 0.15) is 31.9 Å². The number of carbonyl (C=O) groups is 3. The summed E-state index contributed by atoms with van der Waals surface area (Å²) >= 11 is 0. The molecule has 0 aliphatic carbocycles. The number of hydrogen-bond donors (Lipinski definition) is 2. The third-order valence-electron chi connectivity index (χ3n) is 3.66. The van der Waals surface area contributed by atoms with Gasteiger partial charge >= 0.3 is 6.03 Å². The summed E-state index contributed by atoms with van der Waals surface area (Å²) in [6, 6.07) is 6.79. The number of amides is 4. The van der Waals surface area contributed by atoms with Crippen molar-refractivity contribution >= 4 is 17.8 Å². The molecular weight excluding hydrogens is 282 g/mol. The largest absolute Gasteiger partial charge is 0.352 e. The van der Waals surface area contributed by atoms with Crippen molar-refractivity contribution in [2.75, 3.05) is 6.54 Å². The molecule has 0 saturated carbocycles. The van der Waals surface area contributed by atoms with E-state index < -0.39 is 17.5 Å². The highest BCUT2D eigenvalue weighted by molar-refractivity contribution is 6.09. The van der Waals surface area contributed by atoms with Gasteiger partial charge in [-0.3, -0.25) is 14.5 Å². The van der Waals surface area contributed by atoms with Gasteiger partial charge in [0.05, 0.1) is 0 Å². The summed E-state index contributed by atoms with van der Waals surface area (Å²) in [6.07, 6.45) is 0. The van der Waals surface area contributed by atoms with Gasteiger partial charge in [0.15, 0.2) is 0 Å². The summed E-state index contributed by atoms with van der Waals surface area (Å²) in [4.78, 5) is 37.4. The van der Waals surface area contributed by atoms with E-state index in [4.69, 9.17) is 0 Å². The monoisotopic (exact) mass is 303 g/mol. The van der Waals surface area contributed by atoms with Crippen LogP contribution < -0.4 is 10.6 Å². The van der Waals surface area contributed by atoms with Crippen molar-refractivity contribution in [3.63, 3.8) is 0 Å². The second-order valence-corrected chi connectivity index (χ2v) is 6.03. The molecule has 22 heavy (non-hydrogen) atoms. The van der Waals surface area contributed by atoms with E-state index >= 15 is 0 Å². The molecule has 118 valence electrons. The van der Waals surface area contributed by atoms with E-state index in [1.54, 1.807) is 6.92 Å². The number of carbonyl (C=O) groups excluding carboxylic acids is 3. The summed E-state index contributed by atoms with van der Waals surface area (Å²) in [5, 5.41) is 5.35. The highest BCUT2D eigenvalue weighted by atomic mass is 16.2. The zero-order chi connectivity index (χ0) is 16.5. The summed E-state index contributed by atoms with van der Waals surface area (Å²) < 4.78 is 0. The van der Waals surface area contributed by atoms with Crippen molar-refractivity contribution in [1.82, 2.24) is 15.5 Å². The second kappa shape index (κ2) is 5.79. The van der Waals surface area contributed by atoms with Crippen LogP contribution in [0.5, 0.6) is 0 Å². The number of urea groups is 1. The minimum atomic E-state index is -1.14. The van der Waals surface area contributed by atoms with Crippen molar-refractivity contribution in [3.8, 4) is 0 Å². The average molecular weight is 303 g/mol. The van der Waals surface area contributed by atoms with Gasteiger partial charge in [-0.05, 0) is 33.3 Å². The molecule has 0 bridgehead atoms. The normalized spacial score (nSPS) is 21.2. The molecule has 6 nitrogen and oxygen atoms in total. The molecule has 1 aromatic rings. The zero-order valence-corrected chi connectivity index (χ0v) is 13.3. The van der Waals surface area contributed by atoms with E-state index in [0.717, 1.165) is 10.5 Å². The minimum Gasteiger partial charge on any atom is -0.352 e. The Kier molecular flexibility index (Phi) is 4.21. The summed E-state index contributed by atoms with van der Waals surface area (Å²) in [5.41, 5.74) is 0.628. The van der Waals surface area contributed by atoms with Crippen molar-refractivity contribution in [2.24, 2.45) is 0 Å². The third-order valence-corrected chi connectivity index (χ3v) is 3.66. The first kappa shape index (κ1) is 16.0. The molecule has 2 rings (SSSR count). The first-order chi connectivity index (χ1) is 10.2. The van der Waals surface area contributed by atoms with E-state index in [0.29, 0.717) is 5.56 Å². The zero-order valence-electron chi connectivity index (χ0n) is 13.3. The van der Waals surface area contributed by atoms with E-state index in [-0.39, 0.29) is 18.5 Å². The summed E-state index contributed by atoms with van der Waals surface area (Å²) in [5.74, 6) is -0.771. The topological polar surface area (TPSA) is 78.5 Å². The fourth-order valence-electron chi connectivity index (χ4n) is 2.43. The lowest BCUT2D eigenvalue weighted by atomic mass is 9.91. The van der Waals surface area contributed by atoms with Crippen LogP contribution in [0.15, 0.2) is 24.3 Å². The van der Waals surface area contributed by atoms with Crippen molar-refractivity contribution in [2.45, 2.75) is 39.3 Å². The Bertz CT molecular complexity index is 610. The standard InChI is InChI=1S/C16H21N3O3/c1-10(2)17-13(20)9-19-14(21)16(4,18-15(19)22)12-7-5-11(3)6-8-12/h5-8,10H,9H2,1-4H3,(H,17,20)(H,18,22). The maximum absolute atomic E-state index is 12.6. The summed E-state index contributed by atoms with van der Waals surface area (Å²) in [7, 11) is 0. The number of imide groups is 1. The number of benzene rings is 1. The molecule has 6 heteroatoms. The Morgan fingerprint density at radius 1 is 1.27 bits per heavy atom. The van der Waals surface area contributed by atoms with Gasteiger partial charge in [-0.25, -0.2) is 4.79 Å². The van der Waals surface area contributed by atoms with Gasteiger partial charge in [0.25, 0.3) is 5.91 Å². The van der Waals surface area contributed by atoms with Crippen LogP contribution in [-0.2, 0) is 15.1 Å². The number of rotatable bonds is 4. The van der Waals surface area contributed by atoms with E-state index in [9.17, 15) is 14.4 Å². The van der Waals surface area contributed by atoms with E-state index in [1.807, 2.05) is 45.0 Å². The summed E-state index contributed by atoms with van der Waals surface area (Å²) in [6.45, 7) is 6.96. The predicted octanol–water partition coefficient (Wildman–Crippen LogP) is 1.29. The fraction of sp³-hybridized carbons (Fsp3) is 0.438. The average Bonchev–Trinajstić information content (AvgIpc) is 2.63. The van der Waals surface area contributed by atoms with Crippen molar-refractivity contribution in [3.05, 3.63) is 35.4 Å². The van der Waals surface area contributed by atoms with Gasteiger partial charge in [-0.15, -0.1) is 0 Å². The Morgan fingerprint density at radius 3 is 2.41 bits per heavy atom. The number of hydrogen-bond acceptors (Lipinski definition) is 3. The van der Waals surface area contributed by atoms with Gasteiger partial charge in [-0.2, -0.15) is 0 Å². The highest BCUT2D eigenvalue weighted by Crippen LogP contribution is 2.28. The lowest BCUT2D eigenvalue weighted by molar-refractivity contribution is -0.135. The van der Waals surface area contributed by atoms with Crippen LogP contribution in [0.4, 0.5) is 4.79 Å². The number of nitrogens with one attached hydrogen (secondary N) is 2. The molecule has 1 unspecified atom stereocenters. The Balaban J connectivity index is 2.20. The van der Waals surface area contributed by atoms with Gasteiger partial charge in [0, 0.05) is 6.04 Å². The maximum Gasteiger partial charge on any atom is 0.325 e. The maximum atomic E-state index is 12.6. The molecule has 0 aromatic heterocycles. The molecule has 1 fully saturated rings. The van der Waals surface area contributed by atoms with Crippen molar-refractivity contribution < 1.29 is 14.4 Å². The Morgan fingerprint density at radius 2 is 1.86 bits per heavy atom. The third kappa shape index (κ3) is 2.95. The van der Waals surface area contributed by atoms with Crippen LogP contribution in [-0.4, -0.2) is 35.3 Å². The van der Waals surface area contributed by atoms with Crippen LogP contribution in [0.3, 0.4) is 0 Å². The minimum absolute atomic E-state index is 0.0447. The number of aryl methyl sites for hydroxylation is 1. The highest BCUT2D eigenvalue weighted by Gasteiger charge is 2.49. The molecule has 1 aliphatic rings. The van der Waals surface area contributed by atoms with Crippen LogP contribution >= 0.6 is 0 Å². The lowest BCUT2D eigenvalue weighted by Crippen LogP contribution is -2.44. The van der Waals surface area contributed by atoms with Gasteiger partial charge in [-0.1, -0.05) is 29.8 Å². The van der Waals surface area contributed by atoms with Gasteiger partial charge in [0.1, 0.15) is 12.1 Å². The second-order valence-electron chi connectivity index (χ2n) is 6.03. The fourth-order valence-corrected chi connectivity index (χ4v) is 2.43. The van der Waals surface area contributed by atoms with E-state index in [2.05, 4.69) is 10.6 Å². The molecule has 4 amide bonds. The van der Waals surface area contributed by atoms with Gasteiger partial charge in [0.2, 0.25) is 5.91 Å². The quantitative estimate of drug-likeness (QED) is 0.823. The Hall–Kier alpha value is -2.37. The molecule has 1 aliphatic heterocycles. The van der Waals surface area contributed by atoms with Crippen LogP contribution in [0.25, 0.3) is 0 Å². The molecular formula is C16H21N3O3. The Labute approximate surface area is 129 Å². The molecule has 1 saturated heterocycles. The number of nitrogens with zero attached hydrogens (tertiary/aromatic N) is 1. The molecule has 1 atom stereocenters. The molecule has 0 radical (unpaired) electrons. The van der Waals surface area contributed by atoms with Crippen molar-refractivity contribution in [1.29, 1.82) is 0 Å². The first-order valence-corrected chi connectivity index (χ1v) is 7.24.